The van der Waals surface area contributed by atoms with Crippen LogP contribution in [0.4, 0.5) is 0 Å². The minimum atomic E-state index is -0.511. The Balaban J connectivity index is 2.20. The minimum absolute atomic E-state index is 0.160. The van der Waals surface area contributed by atoms with Crippen molar-refractivity contribution in [3.05, 3.63) is 35.1 Å². The lowest BCUT2D eigenvalue weighted by atomic mass is 10.1. The van der Waals surface area contributed by atoms with Crippen LogP contribution in [0.25, 0.3) is 10.8 Å². The topological polar surface area (TPSA) is 65.1 Å². The second kappa shape index (κ2) is 5.04. The number of aromatic nitrogens is 1. The summed E-state index contributed by atoms with van der Waals surface area (Å²) in [7, 11) is 0. The molecule has 1 aromatic carbocycles. The number of halogens is 1. The van der Waals surface area contributed by atoms with E-state index in [0.29, 0.717) is 17.0 Å². The van der Waals surface area contributed by atoms with E-state index in [9.17, 15) is 9.59 Å². The van der Waals surface area contributed by atoms with Crippen LogP contribution in [0.5, 0.6) is 0 Å². The highest BCUT2D eigenvalue weighted by molar-refractivity contribution is 6.36. The minimum Gasteiger partial charge on any atom is -0.340 e. The molecular formula is C15H15ClN2O2. The maximum atomic E-state index is 12.0. The van der Waals surface area contributed by atoms with E-state index < -0.39 is 5.78 Å². The molecule has 2 atom stereocenters. The van der Waals surface area contributed by atoms with Crippen molar-refractivity contribution in [2.75, 3.05) is 0 Å². The number of nitrogens with zero attached hydrogens (tertiary/aromatic N) is 1. The van der Waals surface area contributed by atoms with E-state index in [0.717, 1.165) is 30.0 Å². The molecule has 104 valence electrons. The van der Waals surface area contributed by atoms with Crippen LogP contribution in [-0.4, -0.2) is 22.7 Å². The predicted molar refractivity (Wildman–Crippen MR) is 78.2 cm³/mol. The largest absolute Gasteiger partial charge is 0.340 e. The van der Waals surface area contributed by atoms with E-state index in [1.165, 1.54) is 0 Å². The lowest BCUT2D eigenvalue weighted by Gasteiger charge is -2.14. The zero-order valence-electron chi connectivity index (χ0n) is 10.9. The van der Waals surface area contributed by atoms with Gasteiger partial charge in [-0.15, -0.1) is 0 Å². The number of aldehydes is 1. The quantitative estimate of drug-likeness (QED) is 0.537. The number of rotatable bonds is 3. The van der Waals surface area contributed by atoms with Crippen molar-refractivity contribution in [3.63, 3.8) is 0 Å². The third kappa shape index (κ3) is 2.15. The first-order chi connectivity index (χ1) is 9.60. The summed E-state index contributed by atoms with van der Waals surface area (Å²) in [6.45, 7) is 0. The highest BCUT2D eigenvalue weighted by atomic mass is 35.5. The van der Waals surface area contributed by atoms with Crippen LogP contribution in [0.3, 0.4) is 0 Å². The molecule has 2 unspecified atom stereocenters. The molecule has 0 amide bonds. The van der Waals surface area contributed by atoms with Crippen molar-refractivity contribution in [1.29, 1.82) is 0 Å². The van der Waals surface area contributed by atoms with Crippen LogP contribution < -0.4 is 5.73 Å². The van der Waals surface area contributed by atoms with Gasteiger partial charge in [-0.2, -0.15) is 0 Å². The fourth-order valence-electron chi connectivity index (χ4n) is 3.05. The standard InChI is InChI=1S/C15H15ClN2O2/c16-10-2-1-9-7-18(12-4-3-11(17)6-12)15(13(9)5-10)14(20)8-19/h1-2,5,7-8,11-12H,3-4,6,17H2. The van der Waals surface area contributed by atoms with Crippen molar-refractivity contribution in [3.8, 4) is 0 Å². The summed E-state index contributed by atoms with van der Waals surface area (Å²) in [5, 5.41) is 2.20. The normalized spacial score (nSPS) is 22.3. The zero-order chi connectivity index (χ0) is 14.3. The summed E-state index contributed by atoms with van der Waals surface area (Å²) in [4.78, 5) is 22.9. The van der Waals surface area contributed by atoms with Gasteiger partial charge in [-0.1, -0.05) is 17.7 Å². The van der Waals surface area contributed by atoms with Crippen LogP contribution in [0.1, 0.15) is 35.8 Å². The summed E-state index contributed by atoms with van der Waals surface area (Å²) < 4.78 is 1.91. The fraction of sp³-hybridized carbons (Fsp3) is 0.333. The number of ketones is 1. The van der Waals surface area contributed by atoms with E-state index in [1.54, 1.807) is 12.1 Å². The molecule has 2 aromatic rings. The molecular weight excluding hydrogens is 276 g/mol. The molecule has 0 bridgehead atoms. The van der Waals surface area contributed by atoms with Gasteiger partial charge in [0.1, 0.15) is 5.69 Å². The zero-order valence-corrected chi connectivity index (χ0v) is 11.6. The third-order valence-corrected chi connectivity index (χ3v) is 4.22. The number of benzene rings is 1. The van der Waals surface area contributed by atoms with Gasteiger partial charge in [-0.25, -0.2) is 0 Å². The van der Waals surface area contributed by atoms with Crippen LogP contribution in [-0.2, 0) is 4.79 Å². The van der Waals surface area contributed by atoms with Crippen LogP contribution in [0, 0.1) is 0 Å². The average molecular weight is 291 g/mol. The number of hydrogen-bond donors (Lipinski definition) is 1. The molecule has 5 heteroatoms. The molecule has 1 aliphatic rings. The van der Waals surface area contributed by atoms with Crippen molar-refractivity contribution in [2.45, 2.75) is 31.3 Å². The molecule has 1 aliphatic carbocycles. The van der Waals surface area contributed by atoms with Gasteiger partial charge in [0.2, 0.25) is 5.78 Å². The second-order valence-electron chi connectivity index (χ2n) is 5.33. The Morgan fingerprint density at radius 2 is 2.20 bits per heavy atom. The molecule has 4 nitrogen and oxygen atoms in total. The molecule has 1 aromatic heterocycles. The predicted octanol–water partition coefficient (Wildman–Crippen LogP) is 2.73. The Labute approximate surface area is 121 Å². The molecule has 1 saturated carbocycles. The highest BCUT2D eigenvalue weighted by Gasteiger charge is 2.27. The number of hydrogen-bond acceptors (Lipinski definition) is 3. The molecule has 20 heavy (non-hydrogen) atoms. The van der Waals surface area contributed by atoms with Crippen molar-refractivity contribution in [1.82, 2.24) is 4.57 Å². The van der Waals surface area contributed by atoms with E-state index >= 15 is 0 Å². The molecule has 0 saturated heterocycles. The van der Waals surface area contributed by atoms with Crippen LogP contribution in [0.2, 0.25) is 5.02 Å². The third-order valence-electron chi connectivity index (χ3n) is 3.99. The van der Waals surface area contributed by atoms with E-state index in [1.807, 2.05) is 16.8 Å². The Hall–Kier alpha value is -1.65. The van der Waals surface area contributed by atoms with Crippen molar-refractivity contribution in [2.24, 2.45) is 5.73 Å². The van der Waals surface area contributed by atoms with Gasteiger partial charge in [0.05, 0.1) is 0 Å². The van der Waals surface area contributed by atoms with Gasteiger partial charge in [0.25, 0.3) is 0 Å². The fourth-order valence-corrected chi connectivity index (χ4v) is 3.22. The number of carbonyl (C=O) groups is 2. The summed E-state index contributed by atoms with van der Waals surface area (Å²) in [6.07, 6.45) is 4.98. The first-order valence-corrected chi connectivity index (χ1v) is 7.03. The number of Topliss-reactive ketones (excluding diaryl/α,β-unsaturated/α-hetero) is 1. The smallest absolute Gasteiger partial charge is 0.242 e. The summed E-state index contributed by atoms with van der Waals surface area (Å²) in [5.74, 6) is -0.511. The van der Waals surface area contributed by atoms with E-state index in [2.05, 4.69) is 0 Å². The number of nitrogens with two attached hydrogens (primary N) is 1. The van der Waals surface area contributed by atoms with Gasteiger partial charge in [-0.05, 0) is 31.4 Å². The first-order valence-electron chi connectivity index (χ1n) is 6.65. The molecule has 0 radical (unpaired) electrons. The molecule has 1 heterocycles. The molecule has 0 spiro atoms. The molecule has 3 rings (SSSR count). The van der Waals surface area contributed by atoms with Gasteiger partial charge in [0, 0.05) is 34.1 Å². The second-order valence-corrected chi connectivity index (χ2v) is 5.76. The first kappa shape index (κ1) is 13.3. The average Bonchev–Trinajstić information content (AvgIpc) is 3.01. The molecule has 2 N–H and O–H groups in total. The maximum absolute atomic E-state index is 12.0. The van der Waals surface area contributed by atoms with Crippen molar-refractivity contribution >= 4 is 34.4 Å². The maximum Gasteiger partial charge on any atom is 0.242 e. The summed E-state index contributed by atoms with van der Waals surface area (Å²) in [6, 6.07) is 5.72. The van der Waals surface area contributed by atoms with Crippen LogP contribution in [0.15, 0.2) is 24.4 Å². The van der Waals surface area contributed by atoms with E-state index in [-0.39, 0.29) is 12.1 Å². The lowest BCUT2D eigenvalue weighted by Crippen LogP contribution is -2.18. The van der Waals surface area contributed by atoms with Gasteiger partial charge < -0.3 is 10.3 Å². The van der Waals surface area contributed by atoms with Crippen molar-refractivity contribution < 1.29 is 9.59 Å². The Bertz CT molecular complexity index is 692. The summed E-state index contributed by atoms with van der Waals surface area (Å²) >= 11 is 6.00. The highest BCUT2D eigenvalue weighted by Crippen LogP contribution is 2.34. The van der Waals surface area contributed by atoms with Gasteiger partial charge >= 0.3 is 0 Å². The van der Waals surface area contributed by atoms with Gasteiger partial charge in [-0.3, -0.25) is 9.59 Å². The van der Waals surface area contributed by atoms with E-state index in [4.69, 9.17) is 17.3 Å². The summed E-state index contributed by atoms with van der Waals surface area (Å²) in [5.41, 5.74) is 6.38. The Morgan fingerprint density at radius 3 is 2.85 bits per heavy atom. The molecule has 0 aliphatic heterocycles. The molecule has 1 fully saturated rings. The monoisotopic (exact) mass is 290 g/mol. The Kier molecular flexibility index (Phi) is 3.36. The Morgan fingerprint density at radius 1 is 1.40 bits per heavy atom. The number of carbonyl (C=O) groups excluding carboxylic acids is 2. The lowest BCUT2D eigenvalue weighted by molar-refractivity contribution is -0.104. The number of fused-ring (bicyclic) bond motifs is 1. The SMILES string of the molecule is NC1CCC(n2cc3ccc(Cl)cc3c2C(=O)C=O)C1. The van der Waals surface area contributed by atoms with Gasteiger partial charge in [0.15, 0.2) is 6.29 Å². The van der Waals surface area contributed by atoms with Crippen LogP contribution >= 0.6 is 11.6 Å².